The van der Waals surface area contributed by atoms with E-state index in [1.807, 2.05) is 18.4 Å². The molecule has 4 nitrogen and oxygen atoms in total. The van der Waals surface area contributed by atoms with E-state index in [1.54, 1.807) is 5.51 Å². The molecule has 1 atom stereocenters. The predicted molar refractivity (Wildman–Crippen MR) is 58.0 cm³/mol. The number of rotatable bonds is 5. The van der Waals surface area contributed by atoms with Crippen molar-refractivity contribution < 1.29 is 4.79 Å². The summed E-state index contributed by atoms with van der Waals surface area (Å²) in [6.45, 7) is 2.36. The minimum atomic E-state index is -0.534. The Balaban J connectivity index is 2.38. The Labute approximate surface area is 92.9 Å². The van der Waals surface area contributed by atoms with Crippen LogP contribution in [0.25, 0.3) is 0 Å². The van der Waals surface area contributed by atoms with Crippen molar-refractivity contribution in [3.05, 3.63) is 16.6 Å². The minimum Gasteiger partial charge on any atom is -0.349 e. The van der Waals surface area contributed by atoms with Crippen molar-refractivity contribution in [1.82, 2.24) is 10.3 Å². The maximum atomic E-state index is 11.5. The van der Waals surface area contributed by atoms with E-state index in [0.717, 1.165) is 12.1 Å². The van der Waals surface area contributed by atoms with Gasteiger partial charge in [0, 0.05) is 5.38 Å². The Bertz CT molecular complexity index is 342. The summed E-state index contributed by atoms with van der Waals surface area (Å²) >= 11 is 1.49. The van der Waals surface area contributed by atoms with Gasteiger partial charge in [-0.2, -0.15) is 5.26 Å². The molecule has 0 saturated carbocycles. The summed E-state index contributed by atoms with van der Waals surface area (Å²) in [5.41, 5.74) is 2.55. The second-order valence-corrected chi connectivity index (χ2v) is 3.89. The first-order valence-electron chi connectivity index (χ1n) is 4.82. The van der Waals surface area contributed by atoms with E-state index in [9.17, 15) is 4.79 Å². The van der Waals surface area contributed by atoms with Gasteiger partial charge in [0.1, 0.15) is 5.92 Å². The van der Waals surface area contributed by atoms with Gasteiger partial charge in [0.05, 0.1) is 23.8 Å². The van der Waals surface area contributed by atoms with E-state index in [0.29, 0.717) is 13.0 Å². The van der Waals surface area contributed by atoms with Gasteiger partial charge in [0.25, 0.3) is 0 Å². The number of hydrogen-bond donors (Lipinski definition) is 1. The van der Waals surface area contributed by atoms with Crippen LogP contribution in [-0.4, -0.2) is 10.9 Å². The van der Waals surface area contributed by atoms with E-state index in [2.05, 4.69) is 10.3 Å². The van der Waals surface area contributed by atoms with Gasteiger partial charge in [-0.25, -0.2) is 4.98 Å². The number of nitrogens with one attached hydrogen (secondary N) is 1. The Hall–Kier alpha value is -1.41. The minimum absolute atomic E-state index is 0.202. The van der Waals surface area contributed by atoms with E-state index in [-0.39, 0.29) is 5.91 Å². The van der Waals surface area contributed by atoms with Gasteiger partial charge in [-0.05, 0) is 6.42 Å². The molecular formula is C10H13N3OS. The van der Waals surface area contributed by atoms with Crippen LogP contribution in [0.4, 0.5) is 0 Å². The van der Waals surface area contributed by atoms with Gasteiger partial charge in [-0.15, -0.1) is 11.3 Å². The zero-order valence-corrected chi connectivity index (χ0v) is 9.38. The molecule has 0 fully saturated rings. The van der Waals surface area contributed by atoms with Gasteiger partial charge in [0.15, 0.2) is 0 Å². The first kappa shape index (κ1) is 11.7. The summed E-state index contributed by atoms with van der Waals surface area (Å²) in [6, 6.07) is 2.00. The Kier molecular flexibility index (Phi) is 4.78. The van der Waals surface area contributed by atoms with Crippen molar-refractivity contribution >= 4 is 17.2 Å². The van der Waals surface area contributed by atoms with Crippen LogP contribution < -0.4 is 5.32 Å². The van der Waals surface area contributed by atoms with Gasteiger partial charge < -0.3 is 5.32 Å². The molecule has 80 valence electrons. The molecule has 0 radical (unpaired) electrons. The van der Waals surface area contributed by atoms with Crippen molar-refractivity contribution in [3.63, 3.8) is 0 Å². The highest BCUT2D eigenvalue weighted by molar-refractivity contribution is 7.07. The molecule has 15 heavy (non-hydrogen) atoms. The van der Waals surface area contributed by atoms with E-state index in [4.69, 9.17) is 5.26 Å². The third-order valence-corrected chi connectivity index (χ3v) is 2.61. The van der Waals surface area contributed by atoms with Crippen molar-refractivity contribution in [2.45, 2.75) is 26.3 Å². The van der Waals surface area contributed by atoms with Crippen LogP contribution in [0.3, 0.4) is 0 Å². The van der Waals surface area contributed by atoms with Crippen LogP contribution in [0.2, 0.25) is 0 Å². The van der Waals surface area contributed by atoms with Crippen molar-refractivity contribution in [3.8, 4) is 6.07 Å². The molecule has 1 rings (SSSR count). The van der Waals surface area contributed by atoms with Gasteiger partial charge in [0.2, 0.25) is 5.91 Å². The summed E-state index contributed by atoms with van der Waals surface area (Å²) in [4.78, 5) is 15.5. The van der Waals surface area contributed by atoms with Crippen LogP contribution in [-0.2, 0) is 11.3 Å². The normalized spacial score (nSPS) is 11.7. The average Bonchev–Trinajstić information content (AvgIpc) is 2.75. The highest BCUT2D eigenvalue weighted by Gasteiger charge is 2.15. The standard InChI is InChI=1S/C10H13N3OS/c1-2-3-8(4-11)10(14)12-5-9-6-15-7-13-9/h6-8H,2-3,5H2,1H3,(H,12,14). The number of hydrogen-bond acceptors (Lipinski definition) is 4. The fourth-order valence-electron chi connectivity index (χ4n) is 1.17. The van der Waals surface area contributed by atoms with Gasteiger partial charge >= 0.3 is 0 Å². The van der Waals surface area contributed by atoms with E-state index >= 15 is 0 Å². The number of nitriles is 1. The summed E-state index contributed by atoms with van der Waals surface area (Å²) in [5.74, 6) is -0.735. The molecule has 1 aromatic rings. The second kappa shape index (κ2) is 6.14. The second-order valence-electron chi connectivity index (χ2n) is 3.17. The molecule has 0 spiro atoms. The summed E-state index contributed by atoms with van der Waals surface area (Å²) in [6.07, 6.45) is 1.45. The number of thiazole rings is 1. The number of nitrogens with zero attached hydrogens (tertiary/aromatic N) is 2. The topological polar surface area (TPSA) is 65.8 Å². The molecule has 1 N–H and O–H groups in total. The monoisotopic (exact) mass is 223 g/mol. The Morgan fingerprint density at radius 1 is 1.80 bits per heavy atom. The van der Waals surface area contributed by atoms with Crippen LogP contribution in [0.15, 0.2) is 10.9 Å². The lowest BCUT2D eigenvalue weighted by Gasteiger charge is -2.07. The van der Waals surface area contributed by atoms with Gasteiger partial charge in [-0.3, -0.25) is 4.79 Å². The van der Waals surface area contributed by atoms with Crippen LogP contribution in [0, 0.1) is 17.2 Å². The molecule has 1 unspecified atom stereocenters. The number of aromatic nitrogens is 1. The SMILES string of the molecule is CCCC(C#N)C(=O)NCc1cscn1. The quantitative estimate of drug-likeness (QED) is 0.826. The lowest BCUT2D eigenvalue weighted by atomic mass is 10.1. The number of carbonyl (C=O) groups excluding carboxylic acids is 1. The largest absolute Gasteiger partial charge is 0.349 e. The van der Waals surface area contributed by atoms with Crippen molar-refractivity contribution in [2.24, 2.45) is 5.92 Å². The first-order chi connectivity index (χ1) is 7.27. The fourth-order valence-corrected chi connectivity index (χ4v) is 1.73. The lowest BCUT2D eigenvalue weighted by molar-refractivity contribution is -0.123. The van der Waals surface area contributed by atoms with Crippen molar-refractivity contribution in [2.75, 3.05) is 0 Å². The van der Waals surface area contributed by atoms with Crippen LogP contribution in [0.1, 0.15) is 25.5 Å². The predicted octanol–water partition coefficient (Wildman–Crippen LogP) is 1.70. The fraction of sp³-hybridized carbons (Fsp3) is 0.500. The highest BCUT2D eigenvalue weighted by Crippen LogP contribution is 2.06. The molecule has 5 heteroatoms. The molecule has 0 aliphatic heterocycles. The molecule has 0 aliphatic rings. The lowest BCUT2D eigenvalue weighted by Crippen LogP contribution is -2.29. The maximum absolute atomic E-state index is 11.5. The first-order valence-corrected chi connectivity index (χ1v) is 5.76. The smallest absolute Gasteiger partial charge is 0.237 e. The van der Waals surface area contributed by atoms with Gasteiger partial charge in [-0.1, -0.05) is 13.3 Å². The van der Waals surface area contributed by atoms with E-state index < -0.39 is 5.92 Å². The molecule has 1 aromatic heterocycles. The molecule has 0 bridgehead atoms. The zero-order chi connectivity index (χ0) is 11.1. The Morgan fingerprint density at radius 3 is 3.13 bits per heavy atom. The van der Waals surface area contributed by atoms with Crippen LogP contribution >= 0.6 is 11.3 Å². The van der Waals surface area contributed by atoms with Crippen LogP contribution in [0.5, 0.6) is 0 Å². The molecular weight excluding hydrogens is 210 g/mol. The average molecular weight is 223 g/mol. The molecule has 0 saturated heterocycles. The zero-order valence-electron chi connectivity index (χ0n) is 8.56. The molecule has 0 aromatic carbocycles. The summed E-state index contributed by atoms with van der Waals surface area (Å²) in [5, 5.41) is 13.3. The maximum Gasteiger partial charge on any atom is 0.237 e. The Morgan fingerprint density at radius 2 is 2.60 bits per heavy atom. The van der Waals surface area contributed by atoms with Crippen molar-refractivity contribution in [1.29, 1.82) is 5.26 Å². The molecule has 0 aliphatic carbocycles. The summed E-state index contributed by atoms with van der Waals surface area (Å²) in [7, 11) is 0. The molecule has 1 heterocycles. The third-order valence-electron chi connectivity index (χ3n) is 1.98. The number of carbonyl (C=O) groups is 1. The number of amides is 1. The third kappa shape index (κ3) is 3.68. The highest BCUT2D eigenvalue weighted by atomic mass is 32.1. The molecule has 1 amide bonds. The van der Waals surface area contributed by atoms with E-state index in [1.165, 1.54) is 11.3 Å². The summed E-state index contributed by atoms with van der Waals surface area (Å²) < 4.78 is 0.